The first-order chi connectivity index (χ1) is 10.1. The molecule has 0 fully saturated rings. The second-order valence-electron chi connectivity index (χ2n) is 4.75. The molecule has 0 unspecified atom stereocenters. The van der Waals surface area contributed by atoms with Crippen LogP contribution in [0.25, 0.3) is 6.08 Å². The summed E-state index contributed by atoms with van der Waals surface area (Å²) >= 11 is 0. The minimum absolute atomic E-state index is 0.0797. The number of allylic oxidation sites excluding steroid dienone is 1. The van der Waals surface area contributed by atoms with Gasteiger partial charge in [0, 0.05) is 11.1 Å². The van der Waals surface area contributed by atoms with E-state index in [-0.39, 0.29) is 11.7 Å². The summed E-state index contributed by atoms with van der Waals surface area (Å²) in [6.07, 6.45) is 4.92. The maximum atomic E-state index is 7.34. The van der Waals surface area contributed by atoms with E-state index in [1.807, 2.05) is 54.6 Å². The monoisotopic (exact) mass is 278 g/mol. The van der Waals surface area contributed by atoms with Crippen LogP contribution in [0.4, 0.5) is 0 Å². The van der Waals surface area contributed by atoms with Crippen LogP contribution >= 0.6 is 0 Å². The van der Waals surface area contributed by atoms with E-state index in [0.717, 1.165) is 28.7 Å². The normalized spacial score (nSPS) is 10.7. The van der Waals surface area contributed by atoms with Gasteiger partial charge in [0.1, 0.15) is 11.7 Å². The molecule has 0 spiro atoms. The number of nitrogens with two attached hydrogens (primary N) is 2. The summed E-state index contributed by atoms with van der Waals surface area (Å²) in [5, 5.41) is 14.7. The van der Waals surface area contributed by atoms with Crippen LogP contribution in [-0.4, -0.2) is 11.7 Å². The van der Waals surface area contributed by atoms with Crippen molar-refractivity contribution in [2.45, 2.75) is 6.42 Å². The molecule has 4 heteroatoms. The molecular formula is C17H18N4. The molecule has 0 saturated carbocycles. The summed E-state index contributed by atoms with van der Waals surface area (Å²) in [4.78, 5) is 0. The molecule has 6 N–H and O–H groups in total. The molecule has 0 aliphatic heterocycles. The van der Waals surface area contributed by atoms with E-state index >= 15 is 0 Å². The highest BCUT2D eigenvalue weighted by atomic mass is 14.7. The fraction of sp³-hybridized carbons (Fsp3) is 0.0588. The highest BCUT2D eigenvalue weighted by Gasteiger charge is 1.96. The van der Waals surface area contributed by atoms with Crippen molar-refractivity contribution in [2.75, 3.05) is 0 Å². The van der Waals surface area contributed by atoms with Crippen LogP contribution in [0.15, 0.2) is 54.6 Å². The van der Waals surface area contributed by atoms with Gasteiger partial charge in [-0.25, -0.2) is 0 Å². The minimum atomic E-state index is 0.0797. The van der Waals surface area contributed by atoms with E-state index in [1.165, 1.54) is 0 Å². The first kappa shape index (κ1) is 14.5. The van der Waals surface area contributed by atoms with Crippen LogP contribution in [0.2, 0.25) is 0 Å². The lowest BCUT2D eigenvalue weighted by Crippen LogP contribution is -2.10. The summed E-state index contributed by atoms with van der Waals surface area (Å²) in [6, 6.07) is 15.2. The van der Waals surface area contributed by atoms with E-state index in [1.54, 1.807) is 0 Å². The van der Waals surface area contributed by atoms with E-state index in [9.17, 15) is 0 Å². The third-order valence-electron chi connectivity index (χ3n) is 3.15. The largest absolute Gasteiger partial charge is 0.384 e. The first-order valence-electron chi connectivity index (χ1n) is 6.60. The number of benzene rings is 2. The van der Waals surface area contributed by atoms with Crippen molar-refractivity contribution in [1.82, 2.24) is 0 Å². The Balaban J connectivity index is 1.98. The molecule has 0 bridgehead atoms. The first-order valence-corrected chi connectivity index (χ1v) is 6.60. The van der Waals surface area contributed by atoms with Crippen molar-refractivity contribution in [3.63, 3.8) is 0 Å². The maximum Gasteiger partial charge on any atom is 0.122 e. The van der Waals surface area contributed by atoms with E-state index in [4.69, 9.17) is 22.3 Å². The second-order valence-corrected chi connectivity index (χ2v) is 4.75. The molecule has 2 aromatic carbocycles. The number of hydrogen-bond acceptors (Lipinski definition) is 2. The molecular weight excluding hydrogens is 260 g/mol. The van der Waals surface area contributed by atoms with Gasteiger partial charge in [0.2, 0.25) is 0 Å². The van der Waals surface area contributed by atoms with Crippen molar-refractivity contribution < 1.29 is 0 Å². The zero-order valence-electron chi connectivity index (χ0n) is 11.6. The smallest absolute Gasteiger partial charge is 0.122 e. The van der Waals surface area contributed by atoms with Crippen LogP contribution in [0.1, 0.15) is 22.3 Å². The number of hydrogen-bond donors (Lipinski definition) is 4. The molecule has 2 aromatic rings. The molecule has 2 rings (SSSR count). The van der Waals surface area contributed by atoms with Crippen molar-refractivity contribution >= 4 is 17.7 Å². The van der Waals surface area contributed by atoms with Gasteiger partial charge in [0.25, 0.3) is 0 Å². The predicted molar refractivity (Wildman–Crippen MR) is 87.7 cm³/mol. The molecule has 0 radical (unpaired) electrons. The fourth-order valence-corrected chi connectivity index (χ4v) is 1.93. The average molecular weight is 278 g/mol. The number of rotatable bonds is 5. The summed E-state index contributed by atoms with van der Waals surface area (Å²) in [6.45, 7) is 0. The van der Waals surface area contributed by atoms with Crippen molar-refractivity contribution in [2.24, 2.45) is 11.5 Å². The molecule has 106 valence electrons. The van der Waals surface area contributed by atoms with Crippen LogP contribution in [0.3, 0.4) is 0 Å². The quantitative estimate of drug-likeness (QED) is 0.499. The molecule has 0 amide bonds. The topological polar surface area (TPSA) is 99.7 Å². The van der Waals surface area contributed by atoms with Crippen molar-refractivity contribution in [3.05, 3.63) is 76.9 Å². The van der Waals surface area contributed by atoms with Crippen LogP contribution < -0.4 is 11.5 Å². The van der Waals surface area contributed by atoms with Crippen LogP contribution in [0, 0.1) is 10.8 Å². The molecule has 21 heavy (non-hydrogen) atoms. The van der Waals surface area contributed by atoms with Gasteiger partial charge in [0.05, 0.1) is 0 Å². The Hall–Kier alpha value is -2.88. The Morgan fingerprint density at radius 1 is 0.810 bits per heavy atom. The molecule has 0 aliphatic rings. The van der Waals surface area contributed by atoms with Gasteiger partial charge in [-0.15, -0.1) is 0 Å². The average Bonchev–Trinajstić information content (AvgIpc) is 2.48. The van der Waals surface area contributed by atoms with Crippen LogP contribution in [-0.2, 0) is 6.42 Å². The van der Waals surface area contributed by atoms with Crippen molar-refractivity contribution in [3.8, 4) is 0 Å². The second kappa shape index (κ2) is 6.52. The molecule has 0 aliphatic carbocycles. The number of nitrogens with one attached hydrogen (secondary N) is 2. The molecule has 0 heterocycles. The number of nitrogen functional groups attached to an aromatic ring is 2. The summed E-state index contributed by atoms with van der Waals surface area (Å²) in [5.41, 5.74) is 14.5. The standard InChI is InChI=1S/C17H18N4/c18-16(19)14-8-4-12(5-9-14)2-1-3-13-6-10-15(11-7-13)17(20)21/h1-2,4-11H,3H2,(H3,18,19)(H3,20,21)/b2-1+. The fourth-order valence-electron chi connectivity index (χ4n) is 1.93. The van der Waals surface area contributed by atoms with Gasteiger partial charge >= 0.3 is 0 Å². The van der Waals surface area contributed by atoms with Gasteiger partial charge < -0.3 is 11.5 Å². The lowest BCUT2D eigenvalue weighted by molar-refractivity contribution is 1.27. The minimum Gasteiger partial charge on any atom is -0.384 e. The van der Waals surface area contributed by atoms with E-state index < -0.39 is 0 Å². The zero-order valence-corrected chi connectivity index (χ0v) is 11.6. The van der Waals surface area contributed by atoms with Crippen LogP contribution in [0.5, 0.6) is 0 Å². The van der Waals surface area contributed by atoms with Crippen molar-refractivity contribution in [1.29, 1.82) is 10.8 Å². The Labute approximate surface area is 124 Å². The zero-order chi connectivity index (χ0) is 15.2. The molecule has 0 saturated heterocycles. The Bertz CT molecular complexity index is 667. The maximum absolute atomic E-state index is 7.34. The van der Waals surface area contributed by atoms with Gasteiger partial charge in [-0.05, 0) is 17.5 Å². The van der Waals surface area contributed by atoms with E-state index in [2.05, 4.69) is 6.08 Å². The van der Waals surface area contributed by atoms with Gasteiger partial charge in [-0.1, -0.05) is 60.7 Å². The molecule has 0 aromatic heterocycles. The highest BCUT2D eigenvalue weighted by molar-refractivity contribution is 5.95. The predicted octanol–water partition coefficient (Wildman–Crippen LogP) is 2.51. The number of amidine groups is 2. The summed E-state index contributed by atoms with van der Waals surface area (Å²) in [5.74, 6) is 0.166. The summed E-state index contributed by atoms with van der Waals surface area (Å²) < 4.78 is 0. The summed E-state index contributed by atoms with van der Waals surface area (Å²) in [7, 11) is 0. The van der Waals surface area contributed by atoms with E-state index in [0.29, 0.717) is 0 Å². The Kier molecular flexibility index (Phi) is 4.51. The third-order valence-corrected chi connectivity index (χ3v) is 3.15. The van der Waals surface area contributed by atoms with Gasteiger partial charge in [-0.2, -0.15) is 0 Å². The Morgan fingerprint density at radius 2 is 1.29 bits per heavy atom. The van der Waals surface area contributed by atoms with Gasteiger partial charge in [-0.3, -0.25) is 10.8 Å². The third kappa shape index (κ3) is 4.04. The lowest BCUT2D eigenvalue weighted by atomic mass is 10.1. The van der Waals surface area contributed by atoms with Gasteiger partial charge in [0.15, 0.2) is 0 Å². The molecule has 0 atom stereocenters. The lowest BCUT2D eigenvalue weighted by Gasteiger charge is -2.01. The Morgan fingerprint density at radius 3 is 1.76 bits per heavy atom. The highest BCUT2D eigenvalue weighted by Crippen LogP contribution is 2.09. The molecule has 4 nitrogen and oxygen atoms in total. The SMILES string of the molecule is N=C(N)c1ccc(/C=C/Cc2ccc(C(=N)N)cc2)cc1.